The van der Waals surface area contributed by atoms with Gasteiger partial charge in [-0.25, -0.2) is 19.2 Å². The van der Waals surface area contributed by atoms with Gasteiger partial charge in [0.05, 0.1) is 0 Å². The molecule has 0 aromatic heterocycles. The number of hydrogen-bond donors (Lipinski definition) is 3. The van der Waals surface area contributed by atoms with Gasteiger partial charge < -0.3 is 34.9 Å². The summed E-state index contributed by atoms with van der Waals surface area (Å²) in [6.45, 7) is 4.15. The lowest BCUT2D eigenvalue weighted by molar-refractivity contribution is -0.154. The second-order valence-electron chi connectivity index (χ2n) is 16.9. The molecule has 1 aliphatic rings. The molecule has 0 unspecified atom stereocenters. The molecule has 0 spiro atoms. The van der Waals surface area contributed by atoms with E-state index in [1.54, 1.807) is 45.0 Å². The van der Waals surface area contributed by atoms with Crippen molar-refractivity contribution in [2.75, 3.05) is 13.2 Å². The van der Waals surface area contributed by atoms with Crippen LogP contribution in [0.25, 0.3) is 11.1 Å². The molecule has 0 aliphatic heterocycles. The van der Waals surface area contributed by atoms with E-state index in [9.17, 15) is 24.0 Å². The van der Waals surface area contributed by atoms with E-state index < -0.39 is 59.9 Å². The van der Waals surface area contributed by atoms with Gasteiger partial charge >= 0.3 is 24.1 Å². The summed E-state index contributed by atoms with van der Waals surface area (Å²) >= 11 is 0. The number of alkyl carbamates (subject to hydrolysis) is 2. The van der Waals surface area contributed by atoms with Crippen LogP contribution in [0.1, 0.15) is 72.9 Å². The molecule has 0 fully saturated rings. The average Bonchev–Trinajstić information content (AvgIpc) is 3.65. The highest BCUT2D eigenvalue weighted by Gasteiger charge is 2.39. The molecule has 7 rings (SSSR count). The second-order valence-corrected chi connectivity index (χ2v) is 16.9. The van der Waals surface area contributed by atoms with Crippen LogP contribution in [0, 0.1) is 0 Å². The zero-order valence-corrected chi connectivity index (χ0v) is 37.1. The first-order chi connectivity index (χ1) is 31.9. The van der Waals surface area contributed by atoms with Gasteiger partial charge in [0.15, 0.2) is 6.04 Å². The Hall–Kier alpha value is -7.73. The van der Waals surface area contributed by atoms with E-state index in [-0.39, 0.29) is 32.0 Å². The van der Waals surface area contributed by atoms with Crippen molar-refractivity contribution in [3.05, 3.63) is 203 Å². The third kappa shape index (κ3) is 11.5. The highest BCUT2D eigenvalue weighted by atomic mass is 16.6. The average molecular weight is 888 g/mol. The van der Waals surface area contributed by atoms with Crippen molar-refractivity contribution in [2.45, 2.75) is 69.4 Å². The summed E-state index contributed by atoms with van der Waals surface area (Å²) in [6, 6.07) is 50.5. The van der Waals surface area contributed by atoms with Gasteiger partial charge in [0, 0.05) is 12.3 Å². The molecule has 3 amide bonds. The molecule has 2 atom stereocenters. The Morgan fingerprint density at radius 2 is 0.985 bits per heavy atom. The zero-order chi connectivity index (χ0) is 46.5. The number of amides is 3. The lowest BCUT2D eigenvalue weighted by Crippen LogP contribution is -2.50. The molecule has 12 nitrogen and oxygen atoms in total. The summed E-state index contributed by atoms with van der Waals surface area (Å²) in [5.41, 5.74) is 5.13. The monoisotopic (exact) mass is 887 g/mol. The molecule has 0 bridgehead atoms. The smallest absolute Gasteiger partial charge is 0.408 e. The molecule has 6 aromatic rings. The van der Waals surface area contributed by atoms with Crippen molar-refractivity contribution in [1.29, 1.82) is 0 Å². The third-order valence-corrected chi connectivity index (χ3v) is 11.1. The molecule has 0 radical (unpaired) electrons. The van der Waals surface area contributed by atoms with Gasteiger partial charge in [-0.1, -0.05) is 170 Å². The highest BCUT2D eigenvalue weighted by Crippen LogP contribution is 2.44. The van der Waals surface area contributed by atoms with E-state index in [1.807, 2.05) is 146 Å². The molecule has 3 N–H and O–H groups in total. The predicted molar refractivity (Wildman–Crippen MR) is 249 cm³/mol. The fourth-order valence-electron chi connectivity index (χ4n) is 8.07. The number of fused-ring (bicyclic) bond motifs is 3. The maximum Gasteiger partial charge on any atom is 0.408 e. The minimum absolute atomic E-state index is 0.0367. The van der Waals surface area contributed by atoms with Crippen LogP contribution in [-0.4, -0.2) is 60.9 Å². The van der Waals surface area contributed by atoms with Crippen LogP contribution >= 0.6 is 0 Å². The van der Waals surface area contributed by atoms with Crippen LogP contribution < -0.4 is 16.0 Å². The Bertz CT molecular complexity index is 2460. The molecule has 338 valence electrons. The van der Waals surface area contributed by atoms with Crippen LogP contribution in [-0.2, 0) is 45.5 Å². The van der Waals surface area contributed by atoms with E-state index >= 15 is 0 Å². The Balaban J connectivity index is 1.12. The summed E-state index contributed by atoms with van der Waals surface area (Å²) in [5.74, 6) is -2.57. The molecule has 1 aliphatic carbocycles. The summed E-state index contributed by atoms with van der Waals surface area (Å²) < 4.78 is 22.4. The molecule has 66 heavy (non-hydrogen) atoms. The summed E-state index contributed by atoms with van der Waals surface area (Å²) in [5, 5.41) is 8.36. The zero-order valence-electron chi connectivity index (χ0n) is 37.1. The SMILES string of the molecule is CC(C)(C)OC(=O)N[C@@H](COC(=O)[C@@H](CCC(=O)NC(c1ccccc1)(c1ccccc1)c1ccccc1)NC(=O)OCC1c2ccccc2-c2ccccc21)C(=O)OCc1ccccc1. The predicted octanol–water partition coefficient (Wildman–Crippen LogP) is 8.96. The number of rotatable bonds is 17. The number of esters is 2. The first-order valence-corrected chi connectivity index (χ1v) is 21.9. The van der Waals surface area contributed by atoms with Crippen LogP contribution in [0.15, 0.2) is 170 Å². The minimum Gasteiger partial charge on any atom is -0.461 e. The van der Waals surface area contributed by atoms with E-state index in [2.05, 4.69) is 16.0 Å². The van der Waals surface area contributed by atoms with E-state index in [1.165, 1.54) is 0 Å². The molecule has 0 heterocycles. The first kappa shape index (κ1) is 46.3. The topological polar surface area (TPSA) is 158 Å². The van der Waals surface area contributed by atoms with E-state index in [0.717, 1.165) is 38.9 Å². The number of nitrogens with one attached hydrogen (secondary N) is 3. The molecular formula is C54H53N3O9. The Morgan fingerprint density at radius 3 is 1.50 bits per heavy atom. The lowest BCUT2D eigenvalue weighted by Gasteiger charge is -2.37. The normalized spacial score (nSPS) is 12.9. The molecule has 6 aromatic carbocycles. The maximum absolute atomic E-state index is 14.4. The van der Waals surface area contributed by atoms with E-state index in [4.69, 9.17) is 18.9 Å². The number of carbonyl (C=O) groups excluding carboxylic acids is 5. The van der Waals surface area contributed by atoms with Crippen molar-refractivity contribution < 1.29 is 42.9 Å². The van der Waals surface area contributed by atoms with Crippen LogP contribution in [0.2, 0.25) is 0 Å². The summed E-state index contributed by atoms with van der Waals surface area (Å²) in [7, 11) is 0. The Morgan fingerprint density at radius 1 is 0.530 bits per heavy atom. The highest BCUT2D eigenvalue weighted by molar-refractivity contribution is 5.85. The summed E-state index contributed by atoms with van der Waals surface area (Å²) in [6.07, 6.45) is -2.34. The quantitative estimate of drug-likeness (QED) is 0.0462. The van der Waals surface area contributed by atoms with Crippen molar-refractivity contribution >= 4 is 30.0 Å². The van der Waals surface area contributed by atoms with Crippen molar-refractivity contribution in [2.24, 2.45) is 0 Å². The van der Waals surface area contributed by atoms with Crippen LogP contribution in [0.5, 0.6) is 0 Å². The molecule has 12 heteroatoms. The molecule has 0 saturated carbocycles. The number of benzene rings is 6. The number of ether oxygens (including phenoxy) is 4. The van der Waals surface area contributed by atoms with Gasteiger partial charge in [-0.05, 0) is 71.7 Å². The fraction of sp³-hybridized carbons (Fsp3) is 0.241. The Kier molecular flexibility index (Phi) is 14.9. The number of hydrogen-bond acceptors (Lipinski definition) is 9. The van der Waals surface area contributed by atoms with E-state index in [0.29, 0.717) is 5.56 Å². The standard InChI is InChI=1S/C54H53N3O9/c1-53(2,3)66-52(62)56-47(50(60)63-34-37-20-8-4-9-21-37)36-64-49(59)46(55-51(61)65-35-45-43-30-18-16-28-41(43)42-29-17-19-31-44(42)45)32-33-48(58)57-54(38-22-10-5-11-23-38,39-24-12-6-13-25-39)40-26-14-7-15-27-40/h4-31,45-47H,32-36H2,1-3H3,(H,55,61)(H,56,62)(H,57,58)/t46-,47+/m1/s1. The van der Waals surface area contributed by atoms with Crippen LogP contribution in [0.4, 0.5) is 9.59 Å². The van der Waals surface area contributed by atoms with Gasteiger partial charge in [-0.3, -0.25) is 4.79 Å². The van der Waals surface area contributed by atoms with Crippen molar-refractivity contribution in [1.82, 2.24) is 16.0 Å². The maximum atomic E-state index is 14.4. The molecular weight excluding hydrogens is 835 g/mol. The largest absolute Gasteiger partial charge is 0.461 e. The van der Waals surface area contributed by atoms with Crippen molar-refractivity contribution in [3.8, 4) is 11.1 Å². The third-order valence-electron chi connectivity index (χ3n) is 11.1. The first-order valence-electron chi connectivity index (χ1n) is 21.9. The van der Waals surface area contributed by atoms with Gasteiger partial charge in [-0.2, -0.15) is 0 Å². The summed E-state index contributed by atoms with van der Waals surface area (Å²) in [4.78, 5) is 68.6. The van der Waals surface area contributed by atoms with Gasteiger partial charge in [-0.15, -0.1) is 0 Å². The minimum atomic E-state index is -1.49. The fourth-order valence-corrected chi connectivity index (χ4v) is 8.07. The molecule has 0 saturated heterocycles. The van der Waals surface area contributed by atoms with Gasteiger partial charge in [0.2, 0.25) is 5.91 Å². The lowest BCUT2D eigenvalue weighted by atomic mass is 9.77. The van der Waals surface area contributed by atoms with Crippen molar-refractivity contribution in [3.63, 3.8) is 0 Å². The van der Waals surface area contributed by atoms with Gasteiger partial charge in [0.25, 0.3) is 0 Å². The van der Waals surface area contributed by atoms with Crippen LogP contribution in [0.3, 0.4) is 0 Å². The number of carbonyl (C=O) groups is 5. The second kappa shape index (κ2) is 21.3. The Labute approximate surface area is 384 Å². The van der Waals surface area contributed by atoms with Gasteiger partial charge in [0.1, 0.15) is 37.0 Å².